The Balaban J connectivity index is 2.49. The molecule has 0 spiro atoms. The topological polar surface area (TPSA) is 75.4 Å². The number of halogens is 1. The van der Waals surface area contributed by atoms with Gasteiger partial charge in [0.05, 0.1) is 5.69 Å². The third-order valence-corrected chi connectivity index (χ3v) is 5.39. The van der Waals surface area contributed by atoms with Gasteiger partial charge in [-0.25, -0.2) is 13.1 Å². The number of sulfonamides is 1. The molecule has 120 valence electrons. The summed E-state index contributed by atoms with van der Waals surface area (Å²) >= 11 is 3.26. The van der Waals surface area contributed by atoms with Crippen molar-refractivity contribution in [2.24, 2.45) is 0 Å². The average Bonchev–Trinajstić information content (AvgIpc) is 2.40. The molecule has 5 nitrogen and oxygen atoms in total. The van der Waals surface area contributed by atoms with Crippen LogP contribution in [0.1, 0.15) is 26.7 Å². The third kappa shape index (κ3) is 5.94. The van der Waals surface area contributed by atoms with E-state index in [1.165, 1.54) is 6.07 Å². The Morgan fingerprint density at radius 1 is 1.33 bits per heavy atom. The van der Waals surface area contributed by atoms with Crippen LogP contribution in [0.25, 0.3) is 0 Å². The standard InChI is InChI=1S/C14H24BrN3O2S/c1-11(2)18(3)9-5-4-8-17-21(19,20)14-10-12(15)6-7-13(14)16/h6-7,10-11,17H,4-5,8-9,16H2,1-3H3. The molecule has 1 aromatic carbocycles. The molecule has 0 radical (unpaired) electrons. The van der Waals surface area contributed by atoms with E-state index in [1.54, 1.807) is 12.1 Å². The van der Waals surface area contributed by atoms with Gasteiger partial charge in [-0.2, -0.15) is 0 Å². The van der Waals surface area contributed by atoms with Crippen molar-refractivity contribution in [1.29, 1.82) is 0 Å². The summed E-state index contributed by atoms with van der Waals surface area (Å²) in [6.07, 6.45) is 1.75. The highest BCUT2D eigenvalue weighted by Crippen LogP contribution is 2.22. The maximum absolute atomic E-state index is 12.2. The van der Waals surface area contributed by atoms with Gasteiger partial charge in [-0.1, -0.05) is 15.9 Å². The first-order valence-corrected chi connectivity index (χ1v) is 9.26. The summed E-state index contributed by atoms with van der Waals surface area (Å²) in [5, 5.41) is 0. The van der Waals surface area contributed by atoms with Crippen molar-refractivity contribution in [1.82, 2.24) is 9.62 Å². The van der Waals surface area contributed by atoms with E-state index in [0.717, 1.165) is 19.4 Å². The molecular formula is C14H24BrN3O2S. The normalized spacial score (nSPS) is 12.3. The molecule has 3 N–H and O–H groups in total. The summed E-state index contributed by atoms with van der Waals surface area (Å²) < 4.78 is 27.7. The Kier molecular flexibility index (Phi) is 7.12. The van der Waals surface area contributed by atoms with Crippen LogP contribution in [-0.2, 0) is 10.0 Å². The Morgan fingerprint density at radius 3 is 2.62 bits per heavy atom. The number of anilines is 1. The van der Waals surface area contributed by atoms with Crippen molar-refractivity contribution >= 4 is 31.6 Å². The van der Waals surface area contributed by atoms with Crippen molar-refractivity contribution in [2.45, 2.75) is 37.6 Å². The largest absolute Gasteiger partial charge is 0.398 e. The molecule has 0 saturated carbocycles. The van der Waals surface area contributed by atoms with Gasteiger partial charge in [0, 0.05) is 17.1 Å². The minimum atomic E-state index is -3.55. The first-order chi connectivity index (χ1) is 9.74. The van der Waals surface area contributed by atoms with Gasteiger partial charge in [-0.15, -0.1) is 0 Å². The highest BCUT2D eigenvalue weighted by atomic mass is 79.9. The summed E-state index contributed by atoms with van der Waals surface area (Å²) in [6.45, 7) is 5.65. The Hall–Kier alpha value is -0.630. The smallest absolute Gasteiger partial charge is 0.242 e. The van der Waals surface area contributed by atoms with E-state index in [0.29, 0.717) is 17.1 Å². The average molecular weight is 378 g/mol. The van der Waals surface area contributed by atoms with E-state index < -0.39 is 10.0 Å². The molecule has 0 saturated heterocycles. The SMILES string of the molecule is CC(C)N(C)CCCCNS(=O)(=O)c1cc(Br)ccc1N. The lowest BCUT2D eigenvalue weighted by Gasteiger charge is -2.20. The Morgan fingerprint density at radius 2 is 2.00 bits per heavy atom. The van der Waals surface area contributed by atoms with E-state index in [4.69, 9.17) is 5.73 Å². The molecule has 0 aliphatic rings. The lowest BCUT2D eigenvalue weighted by Crippen LogP contribution is -2.29. The summed E-state index contributed by atoms with van der Waals surface area (Å²) in [5.41, 5.74) is 5.99. The van der Waals surface area contributed by atoms with Crippen LogP contribution in [0.3, 0.4) is 0 Å². The molecule has 0 amide bonds. The maximum Gasteiger partial charge on any atom is 0.242 e. The number of hydrogen-bond acceptors (Lipinski definition) is 4. The van der Waals surface area contributed by atoms with Gasteiger partial charge in [-0.3, -0.25) is 0 Å². The second kappa shape index (κ2) is 8.12. The second-order valence-electron chi connectivity index (χ2n) is 5.36. The number of nitrogens with one attached hydrogen (secondary N) is 1. The van der Waals surface area contributed by atoms with Crippen LogP contribution in [0.2, 0.25) is 0 Å². The molecule has 0 unspecified atom stereocenters. The van der Waals surface area contributed by atoms with Crippen molar-refractivity contribution in [2.75, 3.05) is 25.9 Å². The fourth-order valence-electron chi connectivity index (χ4n) is 1.77. The van der Waals surface area contributed by atoms with E-state index in [1.807, 2.05) is 0 Å². The quantitative estimate of drug-likeness (QED) is 0.538. The van der Waals surface area contributed by atoms with Crippen LogP contribution >= 0.6 is 15.9 Å². The van der Waals surface area contributed by atoms with Gasteiger partial charge in [0.25, 0.3) is 0 Å². The fraction of sp³-hybridized carbons (Fsp3) is 0.571. The summed E-state index contributed by atoms with van der Waals surface area (Å²) in [7, 11) is -1.48. The highest BCUT2D eigenvalue weighted by molar-refractivity contribution is 9.10. The zero-order chi connectivity index (χ0) is 16.0. The van der Waals surface area contributed by atoms with E-state index in [-0.39, 0.29) is 10.6 Å². The molecule has 1 rings (SSSR count). The van der Waals surface area contributed by atoms with Crippen LogP contribution in [0.15, 0.2) is 27.6 Å². The minimum Gasteiger partial charge on any atom is -0.398 e. The zero-order valence-electron chi connectivity index (χ0n) is 12.8. The first-order valence-electron chi connectivity index (χ1n) is 6.99. The molecule has 0 bridgehead atoms. The van der Waals surface area contributed by atoms with Gasteiger partial charge in [0.15, 0.2) is 0 Å². The fourth-order valence-corrected chi connectivity index (χ4v) is 3.51. The van der Waals surface area contributed by atoms with Crippen molar-refractivity contribution in [3.63, 3.8) is 0 Å². The number of benzene rings is 1. The van der Waals surface area contributed by atoms with Crippen LogP contribution < -0.4 is 10.5 Å². The highest BCUT2D eigenvalue weighted by Gasteiger charge is 2.17. The van der Waals surface area contributed by atoms with Gasteiger partial charge in [-0.05, 0) is 58.5 Å². The Labute approximate surface area is 136 Å². The van der Waals surface area contributed by atoms with Crippen LogP contribution in [0, 0.1) is 0 Å². The van der Waals surface area contributed by atoms with E-state index in [2.05, 4.69) is 46.4 Å². The number of hydrogen-bond donors (Lipinski definition) is 2. The van der Waals surface area contributed by atoms with Crippen LogP contribution in [0.4, 0.5) is 5.69 Å². The van der Waals surface area contributed by atoms with Crippen molar-refractivity contribution in [3.8, 4) is 0 Å². The molecule has 0 aromatic heterocycles. The predicted octanol–water partition coefficient (Wildman–Crippen LogP) is 2.43. The van der Waals surface area contributed by atoms with Gasteiger partial charge in [0.2, 0.25) is 10.0 Å². The molecule has 1 aromatic rings. The molecular weight excluding hydrogens is 354 g/mol. The third-order valence-electron chi connectivity index (χ3n) is 3.38. The maximum atomic E-state index is 12.2. The zero-order valence-corrected chi connectivity index (χ0v) is 15.2. The predicted molar refractivity (Wildman–Crippen MR) is 90.7 cm³/mol. The molecule has 0 aliphatic heterocycles. The van der Waals surface area contributed by atoms with Gasteiger partial charge < -0.3 is 10.6 Å². The number of nitrogens with two attached hydrogens (primary N) is 1. The molecule has 7 heteroatoms. The van der Waals surface area contributed by atoms with E-state index in [9.17, 15) is 8.42 Å². The van der Waals surface area contributed by atoms with Crippen molar-refractivity contribution in [3.05, 3.63) is 22.7 Å². The monoisotopic (exact) mass is 377 g/mol. The van der Waals surface area contributed by atoms with Gasteiger partial charge >= 0.3 is 0 Å². The summed E-state index contributed by atoms with van der Waals surface area (Å²) in [5.74, 6) is 0. The molecule has 0 aliphatic carbocycles. The van der Waals surface area contributed by atoms with Crippen LogP contribution in [0.5, 0.6) is 0 Å². The molecule has 0 atom stereocenters. The minimum absolute atomic E-state index is 0.121. The molecule has 21 heavy (non-hydrogen) atoms. The summed E-state index contributed by atoms with van der Waals surface area (Å²) in [4.78, 5) is 2.36. The number of nitrogens with zero attached hydrogens (tertiary/aromatic N) is 1. The lowest BCUT2D eigenvalue weighted by atomic mass is 10.2. The second-order valence-corrected chi connectivity index (χ2v) is 8.01. The number of unbranched alkanes of at least 4 members (excludes halogenated alkanes) is 1. The van der Waals surface area contributed by atoms with Crippen molar-refractivity contribution < 1.29 is 8.42 Å². The molecule has 0 fully saturated rings. The summed E-state index contributed by atoms with van der Waals surface area (Å²) in [6, 6.07) is 5.32. The van der Waals surface area contributed by atoms with Crippen LogP contribution in [-0.4, -0.2) is 39.5 Å². The number of nitrogen functional groups attached to an aromatic ring is 1. The lowest BCUT2D eigenvalue weighted by molar-refractivity contribution is 0.268. The first kappa shape index (κ1) is 18.4. The van der Waals surface area contributed by atoms with E-state index >= 15 is 0 Å². The Bertz CT molecular complexity index is 561. The molecule has 0 heterocycles. The van der Waals surface area contributed by atoms with Gasteiger partial charge in [0.1, 0.15) is 4.90 Å². The number of rotatable bonds is 8.